The van der Waals surface area contributed by atoms with E-state index in [1.807, 2.05) is 0 Å². The van der Waals surface area contributed by atoms with Gasteiger partial charge in [-0.3, -0.25) is 24.3 Å². The van der Waals surface area contributed by atoms with Crippen molar-refractivity contribution >= 4 is 17.3 Å². The number of aromatic nitrogens is 2. The minimum Gasteiger partial charge on any atom is -0.463 e. The topological polar surface area (TPSA) is 120 Å². The maximum Gasteiger partial charge on any atom is 0.306 e. The quantitative estimate of drug-likeness (QED) is 0.551. The van der Waals surface area contributed by atoms with Gasteiger partial charge >= 0.3 is 5.69 Å². The van der Waals surface area contributed by atoms with Crippen molar-refractivity contribution in [3.05, 3.63) is 75.3 Å². The zero-order valence-electron chi connectivity index (χ0n) is 13.1. The van der Waals surface area contributed by atoms with E-state index in [2.05, 4.69) is 10.3 Å². The lowest BCUT2D eigenvalue weighted by Gasteiger charge is -2.07. The Kier molecular flexibility index (Phi) is 4.56. The Balaban J connectivity index is 1.73. The second-order valence-electron chi connectivity index (χ2n) is 5.19. The molecule has 0 bridgehead atoms. The number of nitro groups is 1. The van der Waals surface area contributed by atoms with Gasteiger partial charge in [0.25, 0.3) is 5.56 Å². The molecular formula is C16H11FN4O5. The molecule has 1 aromatic carbocycles. The van der Waals surface area contributed by atoms with E-state index in [0.29, 0.717) is 11.5 Å². The first kappa shape index (κ1) is 17.0. The molecule has 0 radical (unpaired) electrons. The van der Waals surface area contributed by atoms with Crippen LogP contribution in [0.1, 0.15) is 0 Å². The SMILES string of the molecule is O=C(Cn1cnc(-c2ccco2)cc1=O)Nc1ccc(F)c([N+](=O)[O-])c1. The van der Waals surface area contributed by atoms with Crippen molar-refractivity contribution < 1.29 is 18.5 Å². The number of hydrogen-bond acceptors (Lipinski definition) is 6. The number of benzene rings is 1. The second-order valence-corrected chi connectivity index (χ2v) is 5.19. The lowest BCUT2D eigenvalue weighted by molar-refractivity contribution is -0.387. The Morgan fingerprint density at radius 3 is 2.81 bits per heavy atom. The smallest absolute Gasteiger partial charge is 0.306 e. The van der Waals surface area contributed by atoms with Gasteiger partial charge in [-0.05, 0) is 24.3 Å². The highest BCUT2D eigenvalue weighted by Gasteiger charge is 2.15. The molecule has 0 spiro atoms. The van der Waals surface area contributed by atoms with Crippen molar-refractivity contribution in [2.75, 3.05) is 5.32 Å². The van der Waals surface area contributed by atoms with Crippen molar-refractivity contribution in [3.8, 4) is 11.5 Å². The summed E-state index contributed by atoms with van der Waals surface area (Å²) in [7, 11) is 0. The Morgan fingerprint density at radius 1 is 1.35 bits per heavy atom. The molecule has 0 aliphatic heterocycles. The first-order chi connectivity index (χ1) is 12.4. The highest BCUT2D eigenvalue weighted by Crippen LogP contribution is 2.21. The van der Waals surface area contributed by atoms with Crippen LogP contribution >= 0.6 is 0 Å². The van der Waals surface area contributed by atoms with Gasteiger partial charge in [-0.2, -0.15) is 4.39 Å². The molecule has 3 rings (SSSR count). The van der Waals surface area contributed by atoms with Crippen molar-refractivity contribution in [2.45, 2.75) is 6.54 Å². The van der Waals surface area contributed by atoms with E-state index in [4.69, 9.17) is 4.42 Å². The second kappa shape index (κ2) is 6.97. The minimum atomic E-state index is -1.01. The van der Waals surface area contributed by atoms with Crippen molar-refractivity contribution in [2.24, 2.45) is 0 Å². The molecule has 0 atom stereocenters. The third-order valence-corrected chi connectivity index (χ3v) is 3.39. The number of halogens is 1. The minimum absolute atomic E-state index is 0.0383. The number of nitro benzene ring substituents is 1. The molecule has 1 amide bonds. The summed E-state index contributed by atoms with van der Waals surface area (Å²) >= 11 is 0. The summed E-state index contributed by atoms with van der Waals surface area (Å²) in [6.07, 6.45) is 2.63. The predicted molar refractivity (Wildman–Crippen MR) is 87.9 cm³/mol. The number of rotatable bonds is 5. The average molecular weight is 358 g/mol. The van der Waals surface area contributed by atoms with Crippen LogP contribution in [0.15, 0.2) is 58.2 Å². The fourth-order valence-electron chi connectivity index (χ4n) is 2.19. The fraction of sp³-hybridized carbons (Fsp3) is 0.0625. The molecule has 2 aromatic heterocycles. The van der Waals surface area contributed by atoms with E-state index >= 15 is 0 Å². The summed E-state index contributed by atoms with van der Waals surface area (Å²) in [5.41, 5.74) is -0.877. The summed E-state index contributed by atoms with van der Waals surface area (Å²) in [5.74, 6) is -1.22. The van der Waals surface area contributed by atoms with Crippen LogP contribution < -0.4 is 10.9 Å². The van der Waals surface area contributed by atoms with E-state index in [1.165, 1.54) is 24.7 Å². The van der Waals surface area contributed by atoms with Crippen LogP contribution in [0.4, 0.5) is 15.8 Å². The van der Waals surface area contributed by atoms with E-state index in [1.54, 1.807) is 12.1 Å². The third-order valence-electron chi connectivity index (χ3n) is 3.39. The van der Waals surface area contributed by atoms with Gasteiger partial charge in [0.2, 0.25) is 11.7 Å². The molecule has 0 fully saturated rings. The monoisotopic (exact) mass is 358 g/mol. The zero-order valence-corrected chi connectivity index (χ0v) is 13.1. The van der Waals surface area contributed by atoms with Gasteiger partial charge in [0.1, 0.15) is 12.2 Å². The summed E-state index contributed by atoms with van der Waals surface area (Å²) in [6, 6.07) is 7.46. The van der Waals surface area contributed by atoms with E-state index < -0.39 is 27.9 Å². The summed E-state index contributed by atoms with van der Waals surface area (Å²) < 4.78 is 19.5. The molecule has 0 saturated heterocycles. The summed E-state index contributed by atoms with van der Waals surface area (Å²) in [5, 5.41) is 13.1. The standard InChI is InChI=1S/C16H11FN4O5/c17-11-4-3-10(6-13(11)21(24)25)19-15(22)8-20-9-18-12(7-16(20)23)14-2-1-5-26-14/h1-7,9H,8H2,(H,19,22). The molecule has 0 unspecified atom stereocenters. The van der Waals surface area contributed by atoms with Gasteiger partial charge in [0.05, 0.1) is 17.5 Å². The molecular weight excluding hydrogens is 347 g/mol. The molecule has 9 nitrogen and oxygen atoms in total. The van der Waals surface area contributed by atoms with Crippen molar-refractivity contribution in [1.29, 1.82) is 0 Å². The first-order valence-electron chi connectivity index (χ1n) is 7.28. The Bertz CT molecular complexity index is 1030. The number of anilines is 1. The van der Waals surface area contributed by atoms with Crippen molar-refractivity contribution in [1.82, 2.24) is 9.55 Å². The lowest BCUT2D eigenvalue weighted by atomic mass is 10.2. The van der Waals surface area contributed by atoms with Gasteiger partial charge in [0.15, 0.2) is 5.76 Å². The summed E-state index contributed by atoms with van der Waals surface area (Å²) in [4.78, 5) is 38.0. The van der Waals surface area contributed by atoms with E-state index in [-0.39, 0.29) is 12.2 Å². The molecule has 0 saturated carbocycles. The number of amides is 1. The maximum atomic E-state index is 13.3. The number of furan rings is 1. The Labute approximate surface area is 144 Å². The lowest BCUT2D eigenvalue weighted by Crippen LogP contribution is -2.27. The van der Waals surface area contributed by atoms with Gasteiger partial charge < -0.3 is 9.73 Å². The van der Waals surface area contributed by atoms with Crippen LogP contribution in [0.3, 0.4) is 0 Å². The van der Waals surface area contributed by atoms with Crippen molar-refractivity contribution in [3.63, 3.8) is 0 Å². The van der Waals surface area contributed by atoms with Crippen LogP contribution in [0.25, 0.3) is 11.5 Å². The third kappa shape index (κ3) is 3.64. The predicted octanol–water partition coefficient (Wildman–Crippen LogP) is 2.19. The number of carbonyl (C=O) groups excluding carboxylic acids is 1. The molecule has 10 heteroatoms. The van der Waals surface area contributed by atoms with Gasteiger partial charge in [-0.1, -0.05) is 0 Å². The highest BCUT2D eigenvalue weighted by atomic mass is 19.1. The molecule has 3 aromatic rings. The maximum absolute atomic E-state index is 13.3. The van der Waals surface area contributed by atoms with Gasteiger partial charge in [-0.15, -0.1) is 0 Å². The highest BCUT2D eigenvalue weighted by molar-refractivity contribution is 5.90. The number of hydrogen-bond donors (Lipinski definition) is 1. The van der Waals surface area contributed by atoms with Crippen LogP contribution in [-0.2, 0) is 11.3 Å². The van der Waals surface area contributed by atoms with Crippen LogP contribution in [0.5, 0.6) is 0 Å². The zero-order chi connectivity index (χ0) is 18.7. The molecule has 132 valence electrons. The first-order valence-corrected chi connectivity index (χ1v) is 7.28. The van der Waals surface area contributed by atoms with E-state index in [0.717, 1.165) is 16.7 Å². The largest absolute Gasteiger partial charge is 0.463 e. The number of nitrogens with one attached hydrogen (secondary N) is 1. The number of carbonyl (C=O) groups is 1. The summed E-state index contributed by atoms with van der Waals surface area (Å²) in [6.45, 7) is -0.366. The van der Waals surface area contributed by atoms with Crippen LogP contribution in [0.2, 0.25) is 0 Å². The normalized spacial score (nSPS) is 10.5. The Morgan fingerprint density at radius 2 is 2.15 bits per heavy atom. The molecule has 2 heterocycles. The molecule has 26 heavy (non-hydrogen) atoms. The van der Waals surface area contributed by atoms with Crippen LogP contribution in [-0.4, -0.2) is 20.4 Å². The fourth-order valence-corrected chi connectivity index (χ4v) is 2.19. The molecule has 0 aliphatic carbocycles. The molecule has 1 N–H and O–H groups in total. The Hall–Kier alpha value is -3.82. The van der Waals surface area contributed by atoms with E-state index in [9.17, 15) is 24.1 Å². The van der Waals surface area contributed by atoms with Crippen LogP contribution in [0, 0.1) is 15.9 Å². The van der Waals surface area contributed by atoms with Gasteiger partial charge in [-0.25, -0.2) is 4.98 Å². The van der Waals surface area contributed by atoms with Gasteiger partial charge in [0, 0.05) is 17.8 Å². The number of nitrogens with zero attached hydrogens (tertiary/aromatic N) is 3. The molecule has 0 aliphatic rings. The average Bonchev–Trinajstić information content (AvgIpc) is 3.12.